The van der Waals surface area contributed by atoms with Crippen molar-refractivity contribution in [2.24, 2.45) is 16.7 Å². The molecule has 0 aliphatic heterocycles. The SMILES string of the molecule is COc1cc(Br)cc2cc(C(=O)O[C@H]3C[C@@H]4CC[C@@]3(C)C4(C)C)c(=O)oc12. The van der Waals surface area contributed by atoms with Gasteiger partial charge < -0.3 is 13.9 Å². The Kier molecular flexibility index (Phi) is 4.18. The van der Waals surface area contributed by atoms with Gasteiger partial charge in [-0.2, -0.15) is 0 Å². The summed E-state index contributed by atoms with van der Waals surface area (Å²) in [6.07, 6.45) is 2.89. The lowest BCUT2D eigenvalue weighted by molar-refractivity contribution is -0.0245. The molecule has 27 heavy (non-hydrogen) atoms. The Morgan fingerprint density at radius 3 is 2.59 bits per heavy atom. The molecule has 0 saturated heterocycles. The zero-order valence-electron chi connectivity index (χ0n) is 15.9. The number of benzene rings is 1. The Morgan fingerprint density at radius 2 is 2.00 bits per heavy atom. The molecule has 0 radical (unpaired) electrons. The van der Waals surface area contributed by atoms with Gasteiger partial charge in [-0.25, -0.2) is 9.59 Å². The number of carbonyl (C=O) groups is 1. The van der Waals surface area contributed by atoms with E-state index in [4.69, 9.17) is 13.9 Å². The highest BCUT2D eigenvalue weighted by atomic mass is 79.9. The van der Waals surface area contributed by atoms with Crippen LogP contribution in [0.2, 0.25) is 0 Å². The summed E-state index contributed by atoms with van der Waals surface area (Å²) in [5.74, 6) is 0.367. The molecular weight excluding hydrogens is 412 g/mol. The van der Waals surface area contributed by atoms with E-state index in [9.17, 15) is 9.59 Å². The molecule has 0 unspecified atom stereocenters. The predicted molar refractivity (Wildman–Crippen MR) is 105 cm³/mol. The van der Waals surface area contributed by atoms with Gasteiger partial charge in [0.1, 0.15) is 11.7 Å². The zero-order valence-corrected chi connectivity index (χ0v) is 17.5. The highest BCUT2D eigenvalue weighted by Gasteiger charge is 2.62. The molecule has 2 aliphatic rings. The van der Waals surface area contributed by atoms with Crippen LogP contribution in [-0.4, -0.2) is 19.2 Å². The van der Waals surface area contributed by atoms with Crippen molar-refractivity contribution in [3.05, 3.63) is 38.7 Å². The van der Waals surface area contributed by atoms with Gasteiger partial charge in [0.2, 0.25) is 0 Å². The number of methoxy groups -OCH3 is 1. The summed E-state index contributed by atoms with van der Waals surface area (Å²) < 4.78 is 17.3. The lowest BCUT2D eigenvalue weighted by Gasteiger charge is -2.38. The molecule has 2 aromatic rings. The van der Waals surface area contributed by atoms with Crippen molar-refractivity contribution < 1.29 is 18.7 Å². The average Bonchev–Trinajstić information content (AvgIpc) is 2.94. The highest BCUT2D eigenvalue weighted by molar-refractivity contribution is 9.10. The fourth-order valence-electron chi connectivity index (χ4n) is 4.96. The third kappa shape index (κ3) is 2.64. The molecule has 4 rings (SSSR count). The standard InChI is InChI=1S/C21H23BrO5/c1-20(2)12-5-6-21(20,3)16(9-12)26-18(23)14-8-11-7-13(22)10-15(25-4)17(11)27-19(14)24/h7-8,10,12,16H,5-6,9H2,1-4H3/t12-,16-,21+/m0/s1. The first-order valence-corrected chi connectivity index (χ1v) is 9.99. The van der Waals surface area contributed by atoms with Crippen molar-refractivity contribution in [1.29, 1.82) is 0 Å². The molecule has 144 valence electrons. The summed E-state index contributed by atoms with van der Waals surface area (Å²) in [7, 11) is 1.50. The van der Waals surface area contributed by atoms with Gasteiger partial charge >= 0.3 is 11.6 Å². The van der Waals surface area contributed by atoms with Crippen LogP contribution in [0, 0.1) is 16.7 Å². The first kappa shape index (κ1) is 18.5. The Balaban J connectivity index is 1.68. The summed E-state index contributed by atoms with van der Waals surface area (Å²) in [6, 6.07) is 5.01. The number of rotatable bonds is 3. The molecule has 2 bridgehead atoms. The maximum absolute atomic E-state index is 12.8. The molecule has 3 atom stereocenters. The van der Waals surface area contributed by atoms with Crippen molar-refractivity contribution >= 4 is 32.9 Å². The van der Waals surface area contributed by atoms with E-state index in [0.717, 1.165) is 17.3 Å². The Hall–Kier alpha value is -1.82. The van der Waals surface area contributed by atoms with E-state index in [1.165, 1.54) is 19.6 Å². The molecule has 5 nitrogen and oxygen atoms in total. The summed E-state index contributed by atoms with van der Waals surface area (Å²) in [5, 5.41) is 0.604. The quantitative estimate of drug-likeness (QED) is 0.505. The number of carbonyl (C=O) groups excluding carboxylic acids is 1. The van der Waals surface area contributed by atoms with Crippen molar-refractivity contribution in [3.63, 3.8) is 0 Å². The molecule has 2 fully saturated rings. The number of halogens is 1. The number of fused-ring (bicyclic) bond motifs is 3. The van der Waals surface area contributed by atoms with Crippen LogP contribution in [0.25, 0.3) is 11.0 Å². The molecular formula is C21H23BrO5. The van der Waals surface area contributed by atoms with Crippen LogP contribution < -0.4 is 10.4 Å². The van der Waals surface area contributed by atoms with Crippen LogP contribution in [0.4, 0.5) is 0 Å². The van der Waals surface area contributed by atoms with Crippen LogP contribution in [0.1, 0.15) is 50.4 Å². The minimum absolute atomic E-state index is 0.0589. The van der Waals surface area contributed by atoms with Gasteiger partial charge in [0.25, 0.3) is 0 Å². The molecule has 6 heteroatoms. The van der Waals surface area contributed by atoms with Gasteiger partial charge in [-0.1, -0.05) is 36.7 Å². The van der Waals surface area contributed by atoms with Crippen molar-refractivity contribution in [2.45, 2.75) is 46.1 Å². The summed E-state index contributed by atoms with van der Waals surface area (Å²) in [6.45, 7) is 6.71. The largest absolute Gasteiger partial charge is 0.493 e. The summed E-state index contributed by atoms with van der Waals surface area (Å²) >= 11 is 3.40. The van der Waals surface area contributed by atoms with Crippen LogP contribution in [0.5, 0.6) is 5.75 Å². The fraction of sp³-hybridized carbons (Fsp3) is 0.524. The number of ether oxygens (including phenoxy) is 2. The number of hydrogen-bond donors (Lipinski definition) is 0. The van der Waals surface area contributed by atoms with Crippen molar-refractivity contribution in [1.82, 2.24) is 0 Å². The van der Waals surface area contributed by atoms with E-state index in [0.29, 0.717) is 22.6 Å². The van der Waals surface area contributed by atoms with E-state index in [2.05, 4.69) is 36.7 Å². The second-order valence-corrected chi connectivity index (χ2v) is 9.39. The van der Waals surface area contributed by atoms with Crippen LogP contribution in [0.3, 0.4) is 0 Å². The molecule has 0 N–H and O–H groups in total. The first-order valence-electron chi connectivity index (χ1n) is 9.20. The summed E-state index contributed by atoms with van der Waals surface area (Å²) in [4.78, 5) is 25.2. The van der Waals surface area contributed by atoms with Crippen molar-refractivity contribution in [2.75, 3.05) is 7.11 Å². The van der Waals surface area contributed by atoms with E-state index >= 15 is 0 Å². The minimum atomic E-state index is -0.708. The fourth-order valence-corrected chi connectivity index (χ4v) is 5.42. The zero-order chi connectivity index (χ0) is 19.6. The van der Waals surface area contributed by atoms with E-state index in [-0.39, 0.29) is 22.5 Å². The predicted octanol–water partition coefficient (Wildman–Crippen LogP) is 4.94. The Labute approximate surface area is 166 Å². The van der Waals surface area contributed by atoms with E-state index in [1.54, 1.807) is 12.1 Å². The highest BCUT2D eigenvalue weighted by Crippen LogP contribution is 2.66. The molecule has 0 spiro atoms. The smallest absolute Gasteiger partial charge is 0.351 e. The van der Waals surface area contributed by atoms with Crippen LogP contribution in [-0.2, 0) is 4.74 Å². The van der Waals surface area contributed by atoms with Gasteiger partial charge in [0, 0.05) is 15.3 Å². The lowest BCUT2D eigenvalue weighted by Crippen LogP contribution is -2.38. The average molecular weight is 435 g/mol. The van der Waals surface area contributed by atoms with Gasteiger partial charge in [0.05, 0.1) is 7.11 Å². The maximum atomic E-state index is 12.8. The number of hydrogen-bond acceptors (Lipinski definition) is 5. The van der Waals surface area contributed by atoms with E-state index in [1.807, 2.05) is 0 Å². The van der Waals surface area contributed by atoms with Crippen LogP contribution >= 0.6 is 15.9 Å². The molecule has 2 saturated carbocycles. The lowest BCUT2D eigenvalue weighted by atomic mass is 9.70. The molecule has 0 amide bonds. The third-order valence-electron chi connectivity index (χ3n) is 7.17. The summed E-state index contributed by atoms with van der Waals surface area (Å²) in [5.41, 5.74) is -0.399. The Bertz CT molecular complexity index is 992. The second kappa shape index (κ2) is 6.09. The van der Waals surface area contributed by atoms with E-state index < -0.39 is 11.6 Å². The molecule has 1 heterocycles. The number of esters is 1. The van der Waals surface area contributed by atoms with Gasteiger partial charge in [-0.15, -0.1) is 0 Å². The van der Waals surface area contributed by atoms with Crippen molar-refractivity contribution in [3.8, 4) is 5.75 Å². The second-order valence-electron chi connectivity index (χ2n) is 8.48. The Morgan fingerprint density at radius 1 is 1.26 bits per heavy atom. The molecule has 1 aromatic heterocycles. The van der Waals surface area contributed by atoms with Crippen LogP contribution in [0.15, 0.2) is 31.9 Å². The topological polar surface area (TPSA) is 65.7 Å². The van der Waals surface area contributed by atoms with Gasteiger partial charge in [-0.3, -0.25) is 0 Å². The normalized spacial score (nSPS) is 28.5. The third-order valence-corrected chi connectivity index (χ3v) is 7.62. The molecule has 1 aromatic carbocycles. The maximum Gasteiger partial charge on any atom is 0.351 e. The first-order chi connectivity index (χ1) is 12.7. The van der Waals surface area contributed by atoms with Gasteiger partial charge in [-0.05, 0) is 48.8 Å². The molecule has 2 aliphatic carbocycles. The van der Waals surface area contributed by atoms with Gasteiger partial charge in [0.15, 0.2) is 11.3 Å². The minimum Gasteiger partial charge on any atom is -0.493 e. The monoisotopic (exact) mass is 434 g/mol.